The molecule has 1 aromatic heterocycles. The van der Waals surface area contributed by atoms with Gasteiger partial charge in [-0.3, -0.25) is 15.1 Å². The molecule has 0 unspecified atom stereocenters. The molecule has 0 atom stereocenters. The smallest absolute Gasteiger partial charge is 0.341 e. The molecule has 26 heavy (non-hydrogen) atoms. The summed E-state index contributed by atoms with van der Waals surface area (Å²) in [5.74, 6) is -0.546. The summed E-state index contributed by atoms with van der Waals surface area (Å²) >= 11 is 6.09. The highest BCUT2D eigenvalue weighted by Gasteiger charge is 2.18. The lowest BCUT2D eigenvalue weighted by molar-refractivity contribution is -0.384. The maximum absolute atomic E-state index is 12.3. The van der Waals surface area contributed by atoms with Crippen LogP contribution in [0, 0.1) is 10.1 Å². The number of ether oxygens (including phenoxy) is 1. The Bertz CT molecular complexity index is 1010. The lowest BCUT2D eigenvalue weighted by Gasteiger charge is -2.14. The number of carbonyl (C=O) groups is 1. The topological polar surface area (TPSA) is 94.4 Å². The largest absolute Gasteiger partial charge is 0.462 e. The van der Waals surface area contributed by atoms with Gasteiger partial charge >= 0.3 is 5.97 Å². The summed E-state index contributed by atoms with van der Waals surface area (Å²) < 4.78 is 5.09. The van der Waals surface area contributed by atoms with E-state index in [0.717, 1.165) is 0 Å². The molecule has 8 heteroatoms. The Balaban J connectivity index is 2.16. The van der Waals surface area contributed by atoms with Crippen molar-refractivity contribution < 1.29 is 14.5 Å². The van der Waals surface area contributed by atoms with Gasteiger partial charge in [0.1, 0.15) is 5.56 Å². The number of nitrogens with zero attached hydrogens (tertiary/aromatic N) is 2. The van der Waals surface area contributed by atoms with E-state index in [-0.39, 0.29) is 17.9 Å². The molecule has 0 amide bonds. The van der Waals surface area contributed by atoms with Crippen molar-refractivity contribution in [3.63, 3.8) is 0 Å². The van der Waals surface area contributed by atoms with E-state index >= 15 is 0 Å². The number of halogens is 1. The number of fused-ring (bicyclic) bond motifs is 1. The fourth-order valence-electron chi connectivity index (χ4n) is 2.50. The first-order valence-electron chi connectivity index (χ1n) is 7.76. The van der Waals surface area contributed by atoms with Crippen molar-refractivity contribution in [2.45, 2.75) is 6.92 Å². The number of esters is 1. The summed E-state index contributed by atoms with van der Waals surface area (Å²) in [6.07, 6.45) is 1.41. The quantitative estimate of drug-likeness (QED) is 0.396. The van der Waals surface area contributed by atoms with Crippen LogP contribution >= 0.6 is 11.6 Å². The Morgan fingerprint density at radius 3 is 2.85 bits per heavy atom. The summed E-state index contributed by atoms with van der Waals surface area (Å²) in [7, 11) is 0. The third-order valence-electron chi connectivity index (χ3n) is 3.65. The van der Waals surface area contributed by atoms with Crippen molar-refractivity contribution in [1.29, 1.82) is 0 Å². The van der Waals surface area contributed by atoms with Crippen molar-refractivity contribution in [3.8, 4) is 0 Å². The van der Waals surface area contributed by atoms with E-state index in [1.807, 2.05) is 0 Å². The first-order chi connectivity index (χ1) is 12.5. The molecule has 1 heterocycles. The number of nitro benzene ring substituents is 1. The molecule has 2 aromatic carbocycles. The molecule has 0 spiro atoms. The molecule has 1 N–H and O–H groups in total. The zero-order chi connectivity index (χ0) is 18.7. The number of nitrogens with one attached hydrogen (secondary N) is 1. The first kappa shape index (κ1) is 17.6. The van der Waals surface area contributed by atoms with Crippen molar-refractivity contribution in [1.82, 2.24) is 4.98 Å². The fraction of sp³-hybridized carbons (Fsp3) is 0.111. The minimum Gasteiger partial charge on any atom is -0.462 e. The van der Waals surface area contributed by atoms with Gasteiger partial charge in [0, 0.05) is 34.4 Å². The SMILES string of the molecule is CCOC(=O)c1cnc2ccc(Cl)cc2c1Nc1cccc([N+](=O)[O-])c1. The molecule has 7 nitrogen and oxygen atoms in total. The average molecular weight is 372 g/mol. The second-order valence-corrected chi connectivity index (χ2v) is 5.80. The van der Waals surface area contributed by atoms with Gasteiger partial charge < -0.3 is 10.1 Å². The average Bonchev–Trinajstić information content (AvgIpc) is 2.62. The molecule has 0 aliphatic rings. The van der Waals surface area contributed by atoms with Crippen LogP contribution in [0.15, 0.2) is 48.7 Å². The number of aromatic nitrogens is 1. The molecule has 3 aromatic rings. The van der Waals surface area contributed by atoms with E-state index in [1.165, 1.54) is 18.3 Å². The number of hydrogen-bond acceptors (Lipinski definition) is 6. The van der Waals surface area contributed by atoms with Crippen LogP contribution in [-0.2, 0) is 4.74 Å². The summed E-state index contributed by atoms with van der Waals surface area (Å²) in [5.41, 5.74) is 1.65. The Morgan fingerprint density at radius 1 is 1.31 bits per heavy atom. The van der Waals surface area contributed by atoms with Crippen LogP contribution in [0.5, 0.6) is 0 Å². The normalized spacial score (nSPS) is 10.5. The summed E-state index contributed by atoms with van der Waals surface area (Å²) in [4.78, 5) is 27.1. The van der Waals surface area contributed by atoms with Crippen LogP contribution in [0.25, 0.3) is 10.9 Å². The van der Waals surface area contributed by atoms with Gasteiger partial charge in [0.15, 0.2) is 0 Å². The van der Waals surface area contributed by atoms with Crippen LogP contribution in [0.4, 0.5) is 17.1 Å². The maximum atomic E-state index is 12.3. The van der Waals surface area contributed by atoms with E-state index in [4.69, 9.17) is 16.3 Å². The van der Waals surface area contributed by atoms with Gasteiger partial charge in [-0.15, -0.1) is 0 Å². The van der Waals surface area contributed by atoms with E-state index in [2.05, 4.69) is 10.3 Å². The summed E-state index contributed by atoms with van der Waals surface area (Å²) in [6.45, 7) is 1.92. The summed E-state index contributed by atoms with van der Waals surface area (Å²) in [5, 5.41) is 15.2. The van der Waals surface area contributed by atoms with E-state index in [1.54, 1.807) is 37.3 Å². The Kier molecular flexibility index (Phi) is 4.99. The van der Waals surface area contributed by atoms with Crippen LogP contribution in [0.3, 0.4) is 0 Å². The molecular formula is C18H14ClN3O4. The second kappa shape index (κ2) is 7.37. The third-order valence-corrected chi connectivity index (χ3v) is 3.89. The number of carbonyl (C=O) groups excluding carboxylic acids is 1. The van der Waals surface area contributed by atoms with Gasteiger partial charge in [0.05, 0.1) is 22.7 Å². The predicted octanol–water partition coefficient (Wildman–Crippen LogP) is 4.72. The third kappa shape index (κ3) is 3.57. The van der Waals surface area contributed by atoms with E-state index in [0.29, 0.717) is 27.3 Å². The molecular weight excluding hydrogens is 358 g/mol. The number of benzene rings is 2. The fourth-order valence-corrected chi connectivity index (χ4v) is 2.68. The minimum absolute atomic E-state index is 0.0657. The zero-order valence-electron chi connectivity index (χ0n) is 13.7. The van der Waals surface area contributed by atoms with Gasteiger partial charge in [-0.05, 0) is 31.2 Å². The monoisotopic (exact) mass is 371 g/mol. The molecule has 0 fully saturated rings. The highest BCUT2D eigenvalue weighted by Crippen LogP contribution is 2.32. The van der Waals surface area contributed by atoms with Crippen molar-refractivity contribution in [3.05, 3.63) is 69.4 Å². The number of nitro groups is 1. The highest BCUT2D eigenvalue weighted by molar-refractivity contribution is 6.31. The Morgan fingerprint density at radius 2 is 2.12 bits per heavy atom. The number of rotatable bonds is 5. The van der Waals surface area contributed by atoms with E-state index in [9.17, 15) is 14.9 Å². The molecule has 0 saturated heterocycles. The first-order valence-corrected chi connectivity index (χ1v) is 8.14. The molecule has 132 valence electrons. The molecule has 0 radical (unpaired) electrons. The van der Waals surface area contributed by atoms with Gasteiger partial charge in [-0.25, -0.2) is 4.79 Å². The number of anilines is 2. The van der Waals surface area contributed by atoms with Crippen LogP contribution < -0.4 is 5.32 Å². The van der Waals surface area contributed by atoms with Gasteiger partial charge in [0.25, 0.3) is 5.69 Å². The highest BCUT2D eigenvalue weighted by atomic mass is 35.5. The number of hydrogen-bond donors (Lipinski definition) is 1. The van der Waals surface area contributed by atoms with Crippen molar-refractivity contribution in [2.24, 2.45) is 0 Å². The number of non-ortho nitro benzene ring substituents is 1. The number of pyridine rings is 1. The van der Waals surface area contributed by atoms with Crippen LogP contribution in [-0.4, -0.2) is 22.5 Å². The van der Waals surface area contributed by atoms with Gasteiger partial charge in [-0.2, -0.15) is 0 Å². The molecule has 0 saturated carbocycles. The van der Waals surface area contributed by atoms with Crippen LogP contribution in [0.1, 0.15) is 17.3 Å². The van der Waals surface area contributed by atoms with E-state index < -0.39 is 10.9 Å². The second-order valence-electron chi connectivity index (χ2n) is 5.36. The predicted molar refractivity (Wildman–Crippen MR) is 99.1 cm³/mol. The molecule has 0 aliphatic heterocycles. The Labute approximate surface area is 153 Å². The molecule has 0 bridgehead atoms. The standard InChI is InChI=1S/C18H14ClN3O4/c1-2-26-18(23)15-10-20-16-7-6-11(19)8-14(16)17(15)21-12-4-3-5-13(9-12)22(24)25/h3-10H,2H2,1H3,(H,20,21). The lowest BCUT2D eigenvalue weighted by atomic mass is 10.1. The summed E-state index contributed by atoms with van der Waals surface area (Å²) in [6, 6.07) is 11.1. The Hall–Kier alpha value is -3.19. The zero-order valence-corrected chi connectivity index (χ0v) is 14.5. The van der Waals surface area contributed by atoms with Crippen molar-refractivity contribution >= 4 is 45.5 Å². The van der Waals surface area contributed by atoms with Crippen molar-refractivity contribution in [2.75, 3.05) is 11.9 Å². The lowest BCUT2D eigenvalue weighted by Crippen LogP contribution is -2.09. The molecule has 0 aliphatic carbocycles. The molecule has 3 rings (SSSR count). The van der Waals surface area contributed by atoms with Gasteiger partial charge in [0.2, 0.25) is 0 Å². The van der Waals surface area contributed by atoms with Crippen LogP contribution in [0.2, 0.25) is 5.02 Å². The maximum Gasteiger partial charge on any atom is 0.341 e. The van der Waals surface area contributed by atoms with Gasteiger partial charge in [-0.1, -0.05) is 17.7 Å². The minimum atomic E-state index is -0.546.